The molecule has 162 valence electrons. The molecule has 0 saturated carbocycles. The summed E-state index contributed by atoms with van der Waals surface area (Å²) in [6.45, 7) is 4.26. The Hall–Kier alpha value is -3.87. The Bertz CT molecular complexity index is 1570. The van der Waals surface area contributed by atoms with Crippen LogP contribution in [0.3, 0.4) is 0 Å². The molecule has 5 aromatic rings. The van der Waals surface area contributed by atoms with E-state index in [1.54, 1.807) is 7.05 Å². The lowest BCUT2D eigenvalue weighted by atomic mass is 10.1. The molecule has 0 radical (unpaired) electrons. The third kappa shape index (κ3) is 2.85. The van der Waals surface area contributed by atoms with Gasteiger partial charge in [-0.1, -0.05) is 61.5 Å². The minimum absolute atomic E-state index is 0.0350. The van der Waals surface area contributed by atoms with Gasteiger partial charge in [-0.2, -0.15) is 4.98 Å². The van der Waals surface area contributed by atoms with Gasteiger partial charge in [0.15, 0.2) is 11.2 Å². The van der Waals surface area contributed by atoms with E-state index in [0.717, 1.165) is 27.8 Å². The smallest absolute Gasteiger partial charge is 0.302 e. The lowest BCUT2D eigenvalue weighted by molar-refractivity contribution is 0.661. The maximum atomic E-state index is 13.0. The number of rotatable bonds is 4. The molecule has 2 aromatic carbocycles. The van der Waals surface area contributed by atoms with Crippen molar-refractivity contribution in [2.45, 2.75) is 26.3 Å². The van der Waals surface area contributed by atoms with E-state index in [1.807, 2.05) is 28.8 Å². The molecular formula is C25H25N5O2. The summed E-state index contributed by atoms with van der Waals surface area (Å²) in [6.07, 6.45) is 2.93. The quantitative estimate of drug-likeness (QED) is 0.441. The summed E-state index contributed by atoms with van der Waals surface area (Å²) in [4.78, 5) is 30.3. The predicted molar refractivity (Wildman–Crippen MR) is 126 cm³/mol. The van der Waals surface area contributed by atoms with Crippen LogP contribution < -0.4 is 11.2 Å². The highest BCUT2D eigenvalue weighted by Crippen LogP contribution is 2.31. The molecule has 0 amide bonds. The summed E-state index contributed by atoms with van der Waals surface area (Å²) in [7, 11) is 3.14. The molecular weight excluding hydrogens is 402 g/mol. The van der Waals surface area contributed by atoms with E-state index in [4.69, 9.17) is 4.98 Å². The summed E-state index contributed by atoms with van der Waals surface area (Å²) >= 11 is 0. The first-order valence-electron chi connectivity index (χ1n) is 10.8. The van der Waals surface area contributed by atoms with Crippen molar-refractivity contribution in [3.63, 3.8) is 0 Å². The second-order valence-electron chi connectivity index (χ2n) is 8.18. The van der Waals surface area contributed by atoms with Crippen molar-refractivity contribution in [1.82, 2.24) is 23.1 Å². The maximum Gasteiger partial charge on any atom is 0.332 e. The van der Waals surface area contributed by atoms with Crippen LogP contribution in [0.5, 0.6) is 0 Å². The Morgan fingerprint density at radius 2 is 1.62 bits per heavy atom. The Balaban J connectivity index is 1.88. The summed E-state index contributed by atoms with van der Waals surface area (Å²) in [5.41, 5.74) is 4.45. The van der Waals surface area contributed by atoms with Crippen molar-refractivity contribution < 1.29 is 0 Å². The largest absolute Gasteiger partial charge is 0.332 e. The van der Waals surface area contributed by atoms with Crippen LogP contribution in [0.2, 0.25) is 0 Å². The molecule has 0 aliphatic carbocycles. The first kappa shape index (κ1) is 20.1. The highest BCUT2D eigenvalue weighted by atomic mass is 16.2. The van der Waals surface area contributed by atoms with Crippen LogP contribution in [-0.4, -0.2) is 23.1 Å². The summed E-state index contributed by atoms with van der Waals surface area (Å²) in [5.74, 6) is 0.629. The number of benzene rings is 2. The van der Waals surface area contributed by atoms with Gasteiger partial charge in [0.05, 0.1) is 11.7 Å². The number of hydrogen-bond donors (Lipinski definition) is 0. The molecule has 3 aromatic heterocycles. The van der Waals surface area contributed by atoms with Crippen LogP contribution in [-0.2, 0) is 20.5 Å². The van der Waals surface area contributed by atoms with E-state index in [9.17, 15) is 9.59 Å². The molecule has 7 nitrogen and oxygen atoms in total. The average molecular weight is 428 g/mol. The zero-order valence-corrected chi connectivity index (χ0v) is 18.6. The van der Waals surface area contributed by atoms with Crippen LogP contribution in [0, 0.1) is 0 Å². The molecule has 1 atom stereocenters. The van der Waals surface area contributed by atoms with Crippen LogP contribution >= 0.6 is 0 Å². The highest BCUT2D eigenvalue weighted by molar-refractivity contribution is 5.78. The Morgan fingerprint density at radius 1 is 0.938 bits per heavy atom. The number of fused-ring (bicyclic) bond motifs is 3. The molecule has 5 rings (SSSR count). The summed E-state index contributed by atoms with van der Waals surface area (Å²) < 4.78 is 6.51. The first-order chi connectivity index (χ1) is 15.4. The Labute approximate surface area is 184 Å². The Morgan fingerprint density at radius 3 is 2.28 bits per heavy atom. The van der Waals surface area contributed by atoms with Crippen LogP contribution in [0.4, 0.5) is 0 Å². The van der Waals surface area contributed by atoms with Crippen LogP contribution in [0.25, 0.3) is 28.2 Å². The van der Waals surface area contributed by atoms with Crippen molar-refractivity contribution in [3.05, 3.63) is 92.8 Å². The number of aromatic nitrogens is 5. The third-order valence-electron chi connectivity index (χ3n) is 6.33. The van der Waals surface area contributed by atoms with Gasteiger partial charge in [-0.3, -0.25) is 18.3 Å². The molecule has 1 unspecified atom stereocenters. The monoisotopic (exact) mass is 427 g/mol. The van der Waals surface area contributed by atoms with Gasteiger partial charge in [0, 0.05) is 20.3 Å². The fourth-order valence-corrected chi connectivity index (χ4v) is 4.37. The van der Waals surface area contributed by atoms with E-state index in [2.05, 4.69) is 54.8 Å². The number of imidazole rings is 2. The van der Waals surface area contributed by atoms with E-state index in [-0.39, 0.29) is 17.3 Å². The van der Waals surface area contributed by atoms with Gasteiger partial charge in [0.25, 0.3) is 5.56 Å². The number of hydrogen-bond acceptors (Lipinski definition) is 3. The zero-order valence-electron chi connectivity index (χ0n) is 18.6. The van der Waals surface area contributed by atoms with E-state index in [1.165, 1.54) is 17.2 Å². The standard InChI is InChI=1S/C25H25N5O2/c1-5-17-11-13-19(14-12-17)20-15-29-21-22(27(3)25(32)28(4)23(21)31)26-24(29)30(20)16(2)18-9-7-6-8-10-18/h6-16H,5H2,1-4H3. The Kier molecular flexibility index (Phi) is 4.62. The normalized spacial score (nSPS) is 12.6. The molecule has 7 heteroatoms. The molecule has 0 bridgehead atoms. The van der Waals surface area contributed by atoms with E-state index in [0.29, 0.717) is 16.9 Å². The van der Waals surface area contributed by atoms with Gasteiger partial charge in [0.1, 0.15) is 0 Å². The molecule has 0 spiro atoms. The molecule has 3 heterocycles. The molecule has 0 fully saturated rings. The topological polar surface area (TPSA) is 66.2 Å². The molecule has 0 aliphatic heterocycles. The van der Waals surface area contributed by atoms with Crippen molar-refractivity contribution in [3.8, 4) is 11.3 Å². The zero-order chi connectivity index (χ0) is 22.6. The van der Waals surface area contributed by atoms with Gasteiger partial charge < -0.3 is 4.57 Å². The summed E-state index contributed by atoms with van der Waals surface area (Å²) in [6, 6.07) is 18.6. The van der Waals surface area contributed by atoms with Gasteiger partial charge in [-0.05, 0) is 30.0 Å². The van der Waals surface area contributed by atoms with Crippen molar-refractivity contribution in [2.24, 2.45) is 14.1 Å². The molecule has 0 aliphatic rings. The minimum atomic E-state index is -0.388. The van der Waals surface area contributed by atoms with Gasteiger partial charge in [-0.25, -0.2) is 4.79 Å². The first-order valence-corrected chi connectivity index (χ1v) is 10.8. The van der Waals surface area contributed by atoms with Crippen molar-refractivity contribution >= 4 is 16.9 Å². The second kappa shape index (κ2) is 7.37. The molecule has 0 saturated heterocycles. The van der Waals surface area contributed by atoms with Crippen molar-refractivity contribution in [2.75, 3.05) is 0 Å². The van der Waals surface area contributed by atoms with Crippen molar-refractivity contribution in [1.29, 1.82) is 0 Å². The van der Waals surface area contributed by atoms with Gasteiger partial charge in [-0.15, -0.1) is 0 Å². The lowest BCUT2D eigenvalue weighted by Gasteiger charge is -2.18. The maximum absolute atomic E-state index is 13.0. The van der Waals surface area contributed by atoms with Gasteiger partial charge >= 0.3 is 5.69 Å². The molecule has 32 heavy (non-hydrogen) atoms. The molecule has 0 N–H and O–H groups in total. The predicted octanol–water partition coefficient (Wildman–Crippen LogP) is 3.53. The van der Waals surface area contributed by atoms with Crippen LogP contribution in [0.15, 0.2) is 70.4 Å². The van der Waals surface area contributed by atoms with E-state index < -0.39 is 0 Å². The fourth-order valence-electron chi connectivity index (χ4n) is 4.37. The summed E-state index contributed by atoms with van der Waals surface area (Å²) in [5, 5.41) is 0. The highest BCUT2D eigenvalue weighted by Gasteiger charge is 2.23. The second-order valence-corrected chi connectivity index (χ2v) is 8.18. The lowest BCUT2D eigenvalue weighted by Crippen LogP contribution is -2.37. The SMILES string of the molecule is CCc1ccc(-c2cn3c4c(=O)n(C)c(=O)n(C)c4nc3n2C(C)c2ccccc2)cc1. The van der Waals surface area contributed by atoms with Gasteiger partial charge in [0.2, 0.25) is 5.78 Å². The third-order valence-corrected chi connectivity index (χ3v) is 6.33. The fraction of sp³-hybridized carbons (Fsp3) is 0.240. The van der Waals surface area contributed by atoms with Crippen LogP contribution in [0.1, 0.15) is 31.0 Å². The number of aryl methyl sites for hydroxylation is 2. The average Bonchev–Trinajstić information content (AvgIpc) is 3.38. The number of nitrogens with zero attached hydrogens (tertiary/aromatic N) is 5. The minimum Gasteiger partial charge on any atom is -0.302 e. The van der Waals surface area contributed by atoms with E-state index >= 15 is 0 Å².